The van der Waals surface area contributed by atoms with Gasteiger partial charge in [0.15, 0.2) is 5.84 Å². The third kappa shape index (κ3) is 5.14. The summed E-state index contributed by atoms with van der Waals surface area (Å²) in [5.74, 6) is 2.28. The topological polar surface area (TPSA) is 65.4 Å². The number of hydrogen-bond acceptors (Lipinski definition) is 2. The number of nitrogens with zero attached hydrogens (tertiary/aromatic N) is 3. The van der Waals surface area contributed by atoms with Crippen molar-refractivity contribution in [1.82, 2.24) is 10.2 Å². The van der Waals surface area contributed by atoms with Crippen molar-refractivity contribution in [3.63, 3.8) is 0 Å². The van der Waals surface area contributed by atoms with Gasteiger partial charge in [-0.15, -0.1) is 0 Å². The molecule has 0 spiro atoms. The molecule has 154 valence electrons. The Labute approximate surface area is 182 Å². The van der Waals surface area contributed by atoms with Crippen LogP contribution < -0.4 is 5.32 Å². The first kappa shape index (κ1) is 20.3. The Morgan fingerprint density at radius 3 is 2.26 bits per heavy atom. The largest absolute Gasteiger partial charge is 0.329 e. The number of aliphatic imine (C=N–C) groups is 2. The molecule has 31 heavy (non-hydrogen) atoms. The van der Waals surface area contributed by atoms with E-state index in [0.29, 0.717) is 5.84 Å². The van der Waals surface area contributed by atoms with Crippen LogP contribution in [0.5, 0.6) is 0 Å². The Hall–Kier alpha value is -3.99. The number of aryl methyl sites for hydroxylation is 1. The lowest BCUT2D eigenvalue weighted by atomic mass is 9.99. The van der Waals surface area contributed by atoms with Crippen LogP contribution in [0.25, 0.3) is 11.1 Å². The Morgan fingerprint density at radius 1 is 0.903 bits per heavy atom. The first-order valence-corrected chi connectivity index (χ1v) is 10.4. The number of nitrogens with one attached hydrogen (secondary N) is 2. The molecule has 5 nitrogen and oxygen atoms in total. The van der Waals surface area contributed by atoms with Gasteiger partial charge < -0.3 is 5.32 Å². The second kappa shape index (κ2) is 9.67. The lowest BCUT2D eigenvalue weighted by Crippen LogP contribution is -2.14. The zero-order valence-electron chi connectivity index (χ0n) is 17.7. The molecule has 0 radical (unpaired) electrons. The van der Waals surface area contributed by atoms with Crippen molar-refractivity contribution in [2.24, 2.45) is 9.98 Å². The van der Waals surface area contributed by atoms with Crippen molar-refractivity contribution < 1.29 is 0 Å². The first-order valence-electron chi connectivity index (χ1n) is 10.4. The lowest BCUT2D eigenvalue weighted by Gasteiger charge is -2.12. The molecule has 0 aliphatic rings. The maximum absolute atomic E-state index is 4.96. The van der Waals surface area contributed by atoms with Gasteiger partial charge >= 0.3 is 0 Å². The van der Waals surface area contributed by atoms with Crippen LogP contribution in [0.15, 0.2) is 101 Å². The van der Waals surface area contributed by atoms with E-state index in [1.165, 1.54) is 0 Å². The number of hydrogen-bond donors (Lipinski definition) is 2. The summed E-state index contributed by atoms with van der Waals surface area (Å²) in [4.78, 5) is 9.87. The van der Waals surface area contributed by atoms with Crippen LogP contribution >= 0.6 is 0 Å². The van der Waals surface area contributed by atoms with Crippen molar-refractivity contribution in [3.05, 3.63) is 102 Å². The SMILES string of the molecule is CC/C(=N\C(=N/c1ccccc1)c1ccccc1-c1ccccc1)Nc1cc(C)n[nH]1. The van der Waals surface area contributed by atoms with E-state index >= 15 is 0 Å². The zero-order chi connectivity index (χ0) is 21.5. The van der Waals surface area contributed by atoms with Gasteiger partial charge in [0.1, 0.15) is 11.7 Å². The molecule has 0 fully saturated rings. The normalized spacial score (nSPS) is 12.1. The highest BCUT2D eigenvalue weighted by atomic mass is 15.2. The fourth-order valence-corrected chi connectivity index (χ4v) is 3.28. The van der Waals surface area contributed by atoms with Gasteiger partial charge in [-0.1, -0.05) is 79.7 Å². The lowest BCUT2D eigenvalue weighted by molar-refractivity contribution is 1.05. The van der Waals surface area contributed by atoms with E-state index in [9.17, 15) is 0 Å². The van der Waals surface area contributed by atoms with Gasteiger partial charge in [0.05, 0.1) is 11.4 Å². The minimum atomic E-state index is 0.659. The summed E-state index contributed by atoms with van der Waals surface area (Å²) in [6, 6.07) is 30.4. The van der Waals surface area contributed by atoms with E-state index in [-0.39, 0.29) is 0 Å². The number of H-pyrrole nitrogens is 1. The summed E-state index contributed by atoms with van der Waals surface area (Å²) < 4.78 is 0. The second-order valence-corrected chi connectivity index (χ2v) is 7.14. The van der Waals surface area contributed by atoms with Crippen LogP contribution in [0.3, 0.4) is 0 Å². The van der Waals surface area contributed by atoms with E-state index < -0.39 is 0 Å². The van der Waals surface area contributed by atoms with Gasteiger partial charge in [-0.05, 0) is 30.2 Å². The molecular formula is C26H25N5. The highest BCUT2D eigenvalue weighted by molar-refractivity contribution is 6.13. The Morgan fingerprint density at radius 2 is 1.58 bits per heavy atom. The summed E-state index contributed by atoms with van der Waals surface area (Å²) in [7, 11) is 0. The summed E-state index contributed by atoms with van der Waals surface area (Å²) in [5, 5.41) is 10.5. The number of anilines is 1. The molecular weight excluding hydrogens is 382 g/mol. The average molecular weight is 408 g/mol. The highest BCUT2D eigenvalue weighted by Gasteiger charge is 2.12. The molecule has 1 aromatic heterocycles. The number of amidine groups is 2. The van der Waals surface area contributed by atoms with Gasteiger partial charge in [0, 0.05) is 18.1 Å². The monoisotopic (exact) mass is 407 g/mol. The van der Waals surface area contributed by atoms with E-state index in [0.717, 1.165) is 46.1 Å². The molecule has 0 bridgehead atoms. The molecule has 0 atom stereocenters. The van der Waals surface area contributed by atoms with E-state index in [4.69, 9.17) is 9.98 Å². The second-order valence-electron chi connectivity index (χ2n) is 7.14. The van der Waals surface area contributed by atoms with Crippen LogP contribution in [0, 0.1) is 6.92 Å². The maximum Gasteiger partial charge on any atom is 0.162 e. The summed E-state index contributed by atoms with van der Waals surface area (Å²) in [6.45, 7) is 4.02. The molecule has 0 saturated carbocycles. The summed E-state index contributed by atoms with van der Waals surface area (Å²) >= 11 is 0. The van der Waals surface area contributed by atoms with E-state index in [1.807, 2.05) is 73.7 Å². The molecule has 3 aromatic carbocycles. The average Bonchev–Trinajstić information content (AvgIpc) is 3.24. The van der Waals surface area contributed by atoms with Crippen molar-refractivity contribution >= 4 is 23.2 Å². The first-order chi connectivity index (χ1) is 15.2. The molecule has 4 aromatic rings. The van der Waals surface area contributed by atoms with Crippen LogP contribution in [-0.4, -0.2) is 21.9 Å². The standard InChI is InChI=1S/C26H25N5/c1-3-24(28-25-18-19(2)30-31-25)29-26(27-21-14-8-5-9-15-21)23-17-11-10-16-22(23)20-12-6-4-7-13-20/h4-18H,3H2,1-2H3,(H2,27,28,29,30,31). The maximum atomic E-state index is 4.96. The smallest absolute Gasteiger partial charge is 0.162 e. The van der Waals surface area contributed by atoms with Gasteiger partial charge in [-0.25, -0.2) is 9.98 Å². The predicted molar refractivity (Wildman–Crippen MR) is 129 cm³/mol. The van der Waals surface area contributed by atoms with E-state index in [2.05, 4.69) is 46.7 Å². The van der Waals surface area contributed by atoms with Crippen LogP contribution in [-0.2, 0) is 0 Å². The summed E-state index contributed by atoms with van der Waals surface area (Å²) in [6.07, 6.45) is 0.722. The van der Waals surface area contributed by atoms with Gasteiger partial charge in [-0.2, -0.15) is 5.10 Å². The highest BCUT2D eigenvalue weighted by Crippen LogP contribution is 2.26. The third-order valence-electron chi connectivity index (χ3n) is 4.80. The van der Waals surface area contributed by atoms with Crippen molar-refractivity contribution in [2.75, 3.05) is 5.32 Å². The van der Waals surface area contributed by atoms with Crippen molar-refractivity contribution in [2.45, 2.75) is 20.3 Å². The summed E-state index contributed by atoms with van der Waals surface area (Å²) in [5.41, 5.74) is 4.98. The number of benzene rings is 3. The minimum Gasteiger partial charge on any atom is -0.329 e. The Kier molecular flexibility index (Phi) is 6.33. The Bertz CT molecular complexity index is 1190. The molecule has 2 N–H and O–H groups in total. The van der Waals surface area contributed by atoms with Crippen molar-refractivity contribution in [1.29, 1.82) is 0 Å². The van der Waals surface area contributed by atoms with Crippen LogP contribution in [0.4, 0.5) is 11.5 Å². The molecule has 0 aliphatic heterocycles. The fourth-order valence-electron chi connectivity index (χ4n) is 3.28. The molecule has 0 amide bonds. The number of rotatable bonds is 5. The van der Waals surface area contributed by atoms with Gasteiger partial charge in [0.2, 0.25) is 0 Å². The van der Waals surface area contributed by atoms with Crippen LogP contribution in [0.1, 0.15) is 24.6 Å². The van der Waals surface area contributed by atoms with Gasteiger partial charge in [0.25, 0.3) is 0 Å². The molecule has 0 saturated heterocycles. The number of aromatic amines is 1. The Balaban J connectivity index is 1.82. The quantitative estimate of drug-likeness (QED) is 0.298. The number of para-hydroxylation sites is 1. The predicted octanol–water partition coefficient (Wildman–Crippen LogP) is 6.38. The van der Waals surface area contributed by atoms with E-state index in [1.54, 1.807) is 0 Å². The van der Waals surface area contributed by atoms with Gasteiger partial charge in [-0.3, -0.25) is 5.10 Å². The molecule has 4 rings (SSSR count). The van der Waals surface area contributed by atoms with Crippen LogP contribution in [0.2, 0.25) is 0 Å². The number of aromatic nitrogens is 2. The molecule has 0 unspecified atom stereocenters. The molecule has 1 heterocycles. The minimum absolute atomic E-state index is 0.659. The molecule has 0 aliphatic carbocycles. The third-order valence-corrected chi connectivity index (χ3v) is 4.80. The zero-order valence-corrected chi connectivity index (χ0v) is 17.7. The fraction of sp³-hybridized carbons (Fsp3) is 0.115. The van der Waals surface area contributed by atoms with Crippen molar-refractivity contribution in [3.8, 4) is 11.1 Å². The molecule has 5 heteroatoms.